The number of nitrogens with one attached hydrogen (secondary N) is 1. The molecule has 0 saturated heterocycles. The topological polar surface area (TPSA) is 29.1 Å². The van der Waals surface area contributed by atoms with E-state index >= 15 is 0 Å². The largest absolute Gasteiger partial charge is 0.352 e. The van der Waals surface area contributed by atoms with Crippen LogP contribution in [0.25, 0.3) is 0 Å². The Labute approximate surface area is 78.7 Å². The molecule has 2 aliphatic rings. The summed E-state index contributed by atoms with van der Waals surface area (Å²) < 4.78 is 0. The molecule has 0 heterocycles. The Hall–Kier alpha value is -1.05. The van der Waals surface area contributed by atoms with Gasteiger partial charge in [-0.15, -0.1) is 0 Å². The highest BCUT2D eigenvalue weighted by Gasteiger charge is 2.21. The third-order valence-electron chi connectivity index (χ3n) is 2.93. The van der Waals surface area contributed by atoms with Gasteiger partial charge in [0.05, 0.1) is 6.04 Å². The summed E-state index contributed by atoms with van der Waals surface area (Å²) in [7, 11) is 0. The number of carbonyl (C=O) groups is 1. The number of allylic oxidation sites excluding steroid dienone is 2. The summed E-state index contributed by atoms with van der Waals surface area (Å²) in [5.74, 6) is 0. The Bertz CT molecular complexity index is 265. The van der Waals surface area contributed by atoms with Gasteiger partial charge in [-0.2, -0.15) is 0 Å². The third-order valence-corrected chi connectivity index (χ3v) is 2.93. The van der Waals surface area contributed by atoms with Gasteiger partial charge in [-0.1, -0.05) is 17.7 Å². The van der Waals surface area contributed by atoms with E-state index in [1.165, 1.54) is 31.3 Å². The number of rotatable bonds is 2. The minimum absolute atomic E-state index is 0.290. The highest BCUT2D eigenvalue weighted by atomic mass is 16.1. The van der Waals surface area contributed by atoms with Gasteiger partial charge in [0.2, 0.25) is 6.41 Å². The van der Waals surface area contributed by atoms with Crippen LogP contribution in [-0.2, 0) is 4.79 Å². The molecule has 2 heteroatoms. The Kier molecular flexibility index (Phi) is 2.48. The second-order valence-electron chi connectivity index (χ2n) is 3.73. The quantitative estimate of drug-likeness (QED) is 0.641. The normalized spacial score (nSPS) is 26.9. The average Bonchev–Trinajstić information content (AvgIpc) is 2.19. The lowest BCUT2D eigenvalue weighted by Gasteiger charge is -2.28. The van der Waals surface area contributed by atoms with Crippen molar-refractivity contribution in [2.45, 2.75) is 38.1 Å². The Morgan fingerprint density at radius 1 is 1.46 bits per heavy atom. The molecule has 2 aliphatic carbocycles. The lowest BCUT2D eigenvalue weighted by molar-refractivity contribution is -0.110. The van der Waals surface area contributed by atoms with Crippen LogP contribution in [-0.4, -0.2) is 12.5 Å². The van der Waals surface area contributed by atoms with Crippen molar-refractivity contribution in [2.75, 3.05) is 0 Å². The van der Waals surface area contributed by atoms with Gasteiger partial charge in [0.1, 0.15) is 0 Å². The van der Waals surface area contributed by atoms with E-state index in [0.717, 1.165) is 12.8 Å². The fourth-order valence-corrected chi connectivity index (χ4v) is 2.29. The lowest BCUT2D eigenvalue weighted by atomic mass is 9.83. The molecule has 0 aromatic rings. The summed E-state index contributed by atoms with van der Waals surface area (Å²) in [6.45, 7) is 0. The molecular formula is C11H15NO. The van der Waals surface area contributed by atoms with Crippen molar-refractivity contribution >= 4 is 6.41 Å². The zero-order chi connectivity index (χ0) is 9.10. The van der Waals surface area contributed by atoms with Crippen LogP contribution in [0.5, 0.6) is 0 Å². The van der Waals surface area contributed by atoms with Gasteiger partial charge in [0, 0.05) is 0 Å². The van der Waals surface area contributed by atoms with Crippen LogP contribution in [0.4, 0.5) is 0 Å². The van der Waals surface area contributed by atoms with Crippen molar-refractivity contribution in [2.24, 2.45) is 0 Å². The van der Waals surface area contributed by atoms with Gasteiger partial charge in [0.25, 0.3) is 0 Å². The smallest absolute Gasteiger partial charge is 0.207 e. The molecule has 0 fully saturated rings. The SMILES string of the molecule is O=CNC1CCCC2=C1C=CCC2. The van der Waals surface area contributed by atoms with E-state index in [9.17, 15) is 4.79 Å². The van der Waals surface area contributed by atoms with Crippen LogP contribution in [0, 0.1) is 0 Å². The summed E-state index contributed by atoms with van der Waals surface area (Å²) in [6.07, 6.45) is 11.2. The Balaban J connectivity index is 2.20. The highest BCUT2D eigenvalue weighted by Crippen LogP contribution is 2.31. The van der Waals surface area contributed by atoms with Gasteiger partial charge >= 0.3 is 0 Å². The zero-order valence-electron chi connectivity index (χ0n) is 7.75. The summed E-state index contributed by atoms with van der Waals surface area (Å²) in [5.41, 5.74) is 2.94. The number of hydrogen-bond acceptors (Lipinski definition) is 1. The molecule has 13 heavy (non-hydrogen) atoms. The predicted molar refractivity (Wildman–Crippen MR) is 52.2 cm³/mol. The van der Waals surface area contributed by atoms with Crippen LogP contribution < -0.4 is 5.32 Å². The van der Waals surface area contributed by atoms with Crippen molar-refractivity contribution < 1.29 is 4.79 Å². The first-order chi connectivity index (χ1) is 6.42. The molecule has 1 atom stereocenters. The molecule has 0 aromatic heterocycles. The maximum absolute atomic E-state index is 10.4. The first-order valence-electron chi connectivity index (χ1n) is 5.00. The van der Waals surface area contributed by atoms with E-state index in [-0.39, 0.29) is 6.04 Å². The molecule has 1 amide bonds. The number of hydrogen-bond donors (Lipinski definition) is 1. The van der Waals surface area contributed by atoms with Gasteiger partial charge < -0.3 is 5.32 Å². The van der Waals surface area contributed by atoms with Crippen LogP contribution >= 0.6 is 0 Å². The van der Waals surface area contributed by atoms with Crippen molar-refractivity contribution in [3.63, 3.8) is 0 Å². The number of amides is 1. The minimum atomic E-state index is 0.290. The minimum Gasteiger partial charge on any atom is -0.352 e. The number of carbonyl (C=O) groups excluding carboxylic acids is 1. The monoisotopic (exact) mass is 177 g/mol. The molecule has 0 spiro atoms. The average molecular weight is 177 g/mol. The van der Waals surface area contributed by atoms with E-state index in [4.69, 9.17) is 0 Å². The summed E-state index contributed by atoms with van der Waals surface area (Å²) >= 11 is 0. The van der Waals surface area contributed by atoms with E-state index < -0.39 is 0 Å². The molecule has 0 radical (unpaired) electrons. The van der Waals surface area contributed by atoms with Crippen LogP contribution in [0.15, 0.2) is 23.3 Å². The molecule has 0 saturated carbocycles. The van der Waals surface area contributed by atoms with E-state index in [1.54, 1.807) is 5.57 Å². The molecular weight excluding hydrogens is 162 g/mol. The molecule has 2 rings (SSSR count). The van der Waals surface area contributed by atoms with Crippen molar-refractivity contribution in [3.05, 3.63) is 23.3 Å². The second-order valence-corrected chi connectivity index (χ2v) is 3.73. The Morgan fingerprint density at radius 2 is 2.38 bits per heavy atom. The maximum atomic E-state index is 10.4. The third kappa shape index (κ3) is 1.67. The summed E-state index contributed by atoms with van der Waals surface area (Å²) in [6, 6.07) is 0.290. The van der Waals surface area contributed by atoms with Crippen molar-refractivity contribution in [1.29, 1.82) is 0 Å². The van der Waals surface area contributed by atoms with Crippen LogP contribution in [0.3, 0.4) is 0 Å². The van der Waals surface area contributed by atoms with Gasteiger partial charge in [-0.25, -0.2) is 0 Å². The maximum Gasteiger partial charge on any atom is 0.207 e. The summed E-state index contributed by atoms with van der Waals surface area (Å²) in [5, 5.41) is 2.89. The van der Waals surface area contributed by atoms with Crippen molar-refractivity contribution in [3.8, 4) is 0 Å². The molecule has 70 valence electrons. The predicted octanol–water partition coefficient (Wildman–Crippen LogP) is 1.93. The van der Waals surface area contributed by atoms with Crippen LogP contribution in [0.1, 0.15) is 32.1 Å². The first kappa shape index (κ1) is 8.54. The van der Waals surface area contributed by atoms with Crippen LogP contribution in [0.2, 0.25) is 0 Å². The summed E-state index contributed by atoms with van der Waals surface area (Å²) in [4.78, 5) is 10.4. The fourth-order valence-electron chi connectivity index (χ4n) is 2.29. The molecule has 0 bridgehead atoms. The molecule has 0 aliphatic heterocycles. The Morgan fingerprint density at radius 3 is 3.23 bits per heavy atom. The van der Waals surface area contributed by atoms with E-state index in [1.807, 2.05) is 0 Å². The lowest BCUT2D eigenvalue weighted by Crippen LogP contribution is -2.32. The van der Waals surface area contributed by atoms with Gasteiger partial charge in [0.15, 0.2) is 0 Å². The highest BCUT2D eigenvalue weighted by molar-refractivity contribution is 5.50. The van der Waals surface area contributed by atoms with Gasteiger partial charge in [-0.05, 0) is 37.7 Å². The molecule has 0 aromatic carbocycles. The van der Waals surface area contributed by atoms with E-state index in [0.29, 0.717) is 0 Å². The molecule has 1 unspecified atom stereocenters. The molecule has 2 nitrogen and oxygen atoms in total. The van der Waals surface area contributed by atoms with Crippen molar-refractivity contribution in [1.82, 2.24) is 5.32 Å². The zero-order valence-corrected chi connectivity index (χ0v) is 7.75. The molecule has 1 N–H and O–H groups in total. The van der Waals surface area contributed by atoms with Gasteiger partial charge in [-0.3, -0.25) is 4.79 Å². The second kappa shape index (κ2) is 3.77. The fraction of sp³-hybridized carbons (Fsp3) is 0.545. The van der Waals surface area contributed by atoms with E-state index in [2.05, 4.69) is 17.5 Å². The first-order valence-corrected chi connectivity index (χ1v) is 5.00. The standard InChI is InChI=1S/C11H15NO/c13-8-12-11-7-3-5-9-4-1-2-6-10(9)11/h2,6,8,11H,1,3-5,7H2,(H,12,13).